The Morgan fingerprint density at radius 2 is 1.64 bits per heavy atom. The molecule has 3 heterocycles. The first kappa shape index (κ1) is 32.7. The Labute approximate surface area is 262 Å². The first-order valence-corrected chi connectivity index (χ1v) is 15.1. The summed E-state index contributed by atoms with van der Waals surface area (Å²) in [6, 6.07) is 1.84. The summed E-state index contributed by atoms with van der Waals surface area (Å²) >= 11 is 0. The summed E-state index contributed by atoms with van der Waals surface area (Å²) in [5.41, 5.74) is -3.35. The molecule has 2 aliphatic heterocycles. The molecule has 1 spiro atoms. The van der Waals surface area contributed by atoms with Crippen LogP contribution in [0.25, 0.3) is 0 Å². The summed E-state index contributed by atoms with van der Waals surface area (Å²) < 4.78 is 41.1. The fraction of sp³-hybridized carbons (Fsp3) is 0.667. The maximum Gasteiger partial charge on any atom is 0.310 e. The van der Waals surface area contributed by atoms with Gasteiger partial charge in [0.15, 0.2) is 0 Å². The van der Waals surface area contributed by atoms with Crippen LogP contribution in [0.5, 0.6) is 0 Å². The fourth-order valence-electron chi connectivity index (χ4n) is 9.21. The number of methoxy groups -OCH3 is 1. The van der Waals surface area contributed by atoms with E-state index < -0.39 is 82.0 Å². The average Bonchev–Trinajstić information content (AvgIpc) is 3.29. The van der Waals surface area contributed by atoms with Crippen molar-refractivity contribution in [2.75, 3.05) is 7.11 Å². The van der Waals surface area contributed by atoms with E-state index in [4.69, 9.17) is 32.8 Å². The Morgan fingerprint density at radius 3 is 2.20 bits per heavy atom. The van der Waals surface area contributed by atoms with Crippen molar-refractivity contribution in [1.29, 1.82) is 0 Å². The SMILES string of the molecule is C=C1C(C2(C)C(OC(C)=O)CC(=O)OC(C)(C)C2CC(=O)OC)C(OC(C)=O)C(OC(C)=O)C2(C)C(c3ccoc3)CC3OC132. The van der Waals surface area contributed by atoms with E-state index in [1.54, 1.807) is 33.3 Å². The number of furan rings is 1. The van der Waals surface area contributed by atoms with Crippen LogP contribution < -0.4 is 0 Å². The number of hydrogen-bond donors (Lipinski definition) is 0. The van der Waals surface area contributed by atoms with Gasteiger partial charge < -0.3 is 32.8 Å². The molecular formula is C33H42O12. The summed E-state index contributed by atoms with van der Waals surface area (Å²) in [7, 11) is 1.25. The smallest absolute Gasteiger partial charge is 0.310 e. The van der Waals surface area contributed by atoms with Crippen LogP contribution in [0.1, 0.15) is 79.2 Å². The first-order chi connectivity index (χ1) is 20.9. The van der Waals surface area contributed by atoms with Gasteiger partial charge in [-0.15, -0.1) is 0 Å². The third-order valence-electron chi connectivity index (χ3n) is 10.9. The number of epoxide rings is 1. The van der Waals surface area contributed by atoms with Gasteiger partial charge in [0.1, 0.15) is 29.5 Å². The molecule has 5 rings (SSSR count). The second kappa shape index (κ2) is 11.0. The molecule has 12 heteroatoms. The largest absolute Gasteiger partial charge is 0.472 e. The fourth-order valence-corrected chi connectivity index (χ4v) is 9.21. The maximum atomic E-state index is 13.3. The Kier molecular flexibility index (Phi) is 7.99. The molecule has 2 saturated carbocycles. The number of hydrogen-bond acceptors (Lipinski definition) is 12. The number of ether oxygens (including phenoxy) is 6. The van der Waals surface area contributed by atoms with Crippen LogP contribution in [0.4, 0.5) is 0 Å². The molecule has 246 valence electrons. The van der Waals surface area contributed by atoms with Gasteiger partial charge in [-0.05, 0) is 37.5 Å². The van der Waals surface area contributed by atoms with Crippen molar-refractivity contribution in [3.05, 3.63) is 36.3 Å². The molecule has 0 bridgehead atoms. The van der Waals surface area contributed by atoms with Crippen LogP contribution in [0.3, 0.4) is 0 Å². The lowest BCUT2D eigenvalue weighted by atomic mass is 9.47. The second-order valence-electron chi connectivity index (χ2n) is 13.7. The number of cyclic esters (lactones) is 1. The normalized spacial score (nSPS) is 39.8. The van der Waals surface area contributed by atoms with Crippen molar-refractivity contribution in [2.45, 2.75) is 109 Å². The van der Waals surface area contributed by atoms with Gasteiger partial charge in [-0.25, -0.2) is 0 Å². The van der Waals surface area contributed by atoms with Crippen LogP contribution >= 0.6 is 0 Å². The second-order valence-corrected chi connectivity index (χ2v) is 13.7. The summed E-state index contributed by atoms with van der Waals surface area (Å²) in [6.45, 7) is 15.4. The van der Waals surface area contributed by atoms with Gasteiger partial charge in [-0.2, -0.15) is 0 Å². The van der Waals surface area contributed by atoms with Gasteiger partial charge in [-0.1, -0.05) is 20.4 Å². The predicted octanol–water partition coefficient (Wildman–Crippen LogP) is 3.80. The van der Waals surface area contributed by atoms with E-state index in [0.29, 0.717) is 12.0 Å². The summed E-state index contributed by atoms with van der Waals surface area (Å²) in [5, 5.41) is 0. The molecule has 10 unspecified atom stereocenters. The minimum absolute atomic E-state index is 0.242. The third-order valence-corrected chi connectivity index (χ3v) is 10.9. The lowest BCUT2D eigenvalue weighted by Gasteiger charge is -2.59. The van der Waals surface area contributed by atoms with Crippen LogP contribution in [-0.2, 0) is 52.4 Å². The van der Waals surface area contributed by atoms with Crippen LogP contribution in [0.15, 0.2) is 35.2 Å². The third kappa shape index (κ3) is 4.87. The van der Waals surface area contributed by atoms with E-state index in [-0.39, 0.29) is 24.9 Å². The van der Waals surface area contributed by atoms with Crippen molar-refractivity contribution in [1.82, 2.24) is 0 Å². The molecule has 12 nitrogen and oxygen atoms in total. The predicted molar refractivity (Wildman–Crippen MR) is 154 cm³/mol. The molecule has 0 radical (unpaired) electrons. The monoisotopic (exact) mass is 630 g/mol. The van der Waals surface area contributed by atoms with Crippen molar-refractivity contribution in [2.24, 2.45) is 22.7 Å². The summed E-state index contributed by atoms with van der Waals surface area (Å²) in [6.07, 6.45) is -0.637. The van der Waals surface area contributed by atoms with E-state index in [9.17, 15) is 24.0 Å². The van der Waals surface area contributed by atoms with Crippen LogP contribution in [0, 0.1) is 22.7 Å². The Bertz CT molecular complexity index is 1410. The molecule has 0 aromatic carbocycles. The maximum absolute atomic E-state index is 13.3. The zero-order chi connectivity index (χ0) is 33.3. The van der Waals surface area contributed by atoms with E-state index >= 15 is 0 Å². The molecule has 2 aliphatic carbocycles. The number of carbonyl (C=O) groups excluding carboxylic acids is 5. The zero-order valence-corrected chi connectivity index (χ0v) is 27.0. The molecule has 4 aliphatic rings. The number of carbonyl (C=O) groups is 5. The van der Waals surface area contributed by atoms with Crippen LogP contribution in [-0.4, -0.2) is 72.6 Å². The average molecular weight is 631 g/mol. The van der Waals surface area contributed by atoms with Crippen LogP contribution in [0.2, 0.25) is 0 Å². The highest BCUT2D eigenvalue weighted by Crippen LogP contribution is 2.76. The minimum Gasteiger partial charge on any atom is -0.472 e. The number of rotatable bonds is 7. The minimum atomic E-state index is -1.38. The number of esters is 5. The lowest BCUT2D eigenvalue weighted by molar-refractivity contribution is -0.221. The Hall–Kier alpha value is -3.67. The topological polar surface area (TPSA) is 157 Å². The Morgan fingerprint density at radius 1 is 1.00 bits per heavy atom. The molecule has 10 atom stereocenters. The van der Waals surface area contributed by atoms with E-state index in [2.05, 4.69) is 6.58 Å². The van der Waals surface area contributed by atoms with Crippen molar-refractivity contribution < 1.29 is 56.8 Å². The zero-order valence-electron chi connectivity index (χ0n) is 27.0. The molecule has 0 amide bonds. The Balaban J connectivity index is 1.80. The van der Waals surface area contributed by atoms with Gasteiger partial charge in [0.05, 0.1) is 44.0 Å². The molecule has 4 fully saturated rings. The van der Waals surface area contributed by atoms with Crippen molar-refractivity contribution in [3.63, 3.8) is 0 Å². The quantitative estimate of drug-likeness (QED) is 0.186. The molecule has 2 saturated heterocycles. The van der Waals surface area contributed by atoms with Crippen molar-refractivity contribution >= 4 is 29.8 Å². The lowest BCUT2D eigenvalue weighted by Crippen LogP contribution is -2.68. The van der Waals surface area contributed by atoms with Gasteiger partial charge in [-0.3, -0.25) is 24.0 Å². The molecular weight excluding hydrogens is 588 g/mol. The van der Waals surface area contributed by atoms with Gasteiger partial charge in [0.2, 0.25) is 0 Å². The molecule has 0 N–H and O–H groups in total. The van der Waals surface area contributed by atoms with Gasteiger partial charge >= 0.3 is 29.8 Å². The standard InChI is InChI=1S/C33H42O12/c1-16-27(31(7)22(13-25(37)39-9)30(5,6)45-26(38)14-23(31)41-17(2)34)28(42-18(3)35)29(43-19(4)36)32(8)21(20-10-11-40-15-20)12-24-33(16,32)44-24/h10-11,15,21-24,27-29H,1,12-14H2,2-9H3. The summed E-state index contributed by atoms with van der Waals surface area (Å²) in [5.74, 6) is -5.23. The van der Waals surface area contributed by atoms with E-state index in [1.165, 1.54) is 27.9 Å². The molecule has 45 heavy (non-hydrogen) atoms. The first-order valence-electron chi connectivity index (χ1n) is 15.1. The molecule has 1 aromatic heterocycles. The van der Waals surface area contributed by atoms with Gasteiger partial charge in [0, 0.05) is 43.9 Å². The highest BCUT2D eigenvalue weighted by atomic mass is 16.6. The van der Waals surface area contributed by atoms with E-state index in [1.807, 2.05) is 13.0 Å². The van der Waals surface area contributed by atoms with E-state index in [0.717, 1.165) is 5.56 Å². The van der Waals surface area contributed by atoms with Gasteiger partial charge in [0.25, 0.3) is 0 Å². The van der Waals surface area contributed by atoms with Crippen molar-refractivity contribution in [3.8, 4) is 0 Å². The summed E-state index contributed by atoms with van der Waals surface area (Å²) in [4.78, 5) is 64.6. The molecule has 1 aromatic rings. The highest BCUT2D eigenvalue weighted by molar-refractivity contribution is 5.74. The highest BCUT2D eigenvalue weighted by Gasteiger charge is 2.84.